The number of ketones is 1. The van der Waals surface area contributed by atoms with Crippen LogP contribution in [0.5, 0.6) is 0 Å². The van der Waals surface area contributed by atoms with Gasteiger partial charge in [-0.05, 0) is 44.8 Å². The maximum absolute atomic E-state index is 11.6. The Labute approximate surface area is 123 Å². The number of rotatable bonds is 3. The first kappa shape index (κ1) is 17.8. The van der Waals surface area contributed by atoms with E-state index in [4.69, 9.17) is 4.43 Å². The maximum atomic E-state index is 11.6. The normalized spacial score (nSPS) is 36.0. The molecule has 118 valence electrons. The van der Waals surface area contributed by atoms with Crippen molar-refractivity contribution in [3.8, 4) is 0 Å². The molecule has 0 aromatic rings. The largest absolute Gasteiger partial charge is 0.411 e. The number of hydrogen-bond donors (Lipinski definition) is 2. The van der Waals surface area contributed by atoms with Gasteiger partial charge >= 0.3 is 0 Å². The van der Waals surface area contributed by atoms with Gasteiger partial charge in [-0.25, -0.2) is 0 Å². The van der Waals surface area contributed by atoms with Gasteiger partial charge in [0, 0.05) is 5.92 Å². The molecular weight excluding hydrogens is 272 g/mol. The summed E-state index contributed by atoms with van der Waals surface area (Å²) in [6.45, 7) is 13.8. The fourth-order valence-electron chi connectivity index (χ4n) is 2.35. The molecular formula is C15H30O4Si. The van der Waals surface area contributed by atoms with Crippen LogP contribution in [0.2, 0.25) is 18.1 Å². The molecule has 0 saturated heterocycles. The third-order valence-electron chi connectivity index (χ3n) is 5.15. The maximum Gasteiger partial charge on any atom is 0.192 e. The van der Waals surface area contributed by atoms with Gasteiger partial charge in [0.15, 0.2) is 8.32 Å². The molecule has 0 heterocycles. The van der Waals surface area contributed by atoms with Crippen LogP contribution in [-0.2, 0) is 9.22 Å². The number of carbonyl (C=O) groups is 1. The molecule has 4 nitrogen and oxygen atoms in total. The lowest BCUT2D eigenvalue weighted by atomic mass is 9.74. The van der Waals surface area contributed by atoms with E-state index < -0.39 is 26.1 Å². The van der Waals surface area contributed by atoms with Crippen molar-refractivity contribution in [2.45, 2.75) is 83.4 Å². The molecule has 1 rings (SSSR count). The van der Waals surface area contributed by atoms with E-state index >= 15 is 0 Å². The second-order valence-electron chi connectivity index (χ2n) is 7.89. The minimum atomic E-state index is -2.06. The van der Waals surface area contributed by atoms with Gasteiger partial charge in [-0.2, -0.15) is 0 Å². The number of aliphatic hydroxyl groups is 2. The zero-order valence-electron chi connectivity index (χ0n) is 13.9. The van der Waals surface area contributed by atoms with E-state index in [1.54, 1.807) is 13.8 Å². The topological polar surface area (TPSA) is 66.8 Å². The average Bonchev–Trinajstić information content (AvgIpc) is 2.22. The minimum Gasteiger partial charge on any atom is -0.411 e. The summed E-state index contributed by atoms with van der Waals surface area (Å²) in [5, 5.41) is 20.8. The summed E-state index contributed by atoms with van der Waals surface area (Å²) in [7, 11) is -2.06. The van der Waals surface area contributed by atoms with Gasteiger partial charge in [-0.3, -0.25) is 4.79 Å². The monoisotopic (exact) mass is 302 g/mol. The van der Waals surface area contributed by atoms with Crippen LogP contribution >= 0.6 is 0 Å². The number of carbonyl (C=O) groups excluding carboxylic acids is 1. The van der Waals surface area contributed by atoms with Gasteiger partial charge in [-0.1, -0.05) is 20.8 Å². The van der Waals surface area contributed by atoms with Gasteiger partial charge in [0.1, 0.15) is 11.4 Å². The van der Waals surface area contributed by atoms with Crippen molar-refractivity contribution in [2.75, 3.05) is 0 Å². The zero-order valence-corrected chi connectivity index (χ0v) is 14.9. The smallest absolute Gasteiger partial charge is 0.192 e. The molecule has 0 radical (unpaired) electrons. The first-order chi connectivity index (χ1) is 8.79. The van der Waals surface area contributed by atoms with Gasteiger partial charge in [-0.15, -0.1) is 0 Å². The summed E-state index contributed by atoms with van der Waals surface area (Å²) in [6, 6.07) is 0. The van der Waals surface area contributed by atoms with E-state index in [-0.39, 0.29) is 16.7 Å². The number of hydrogen-bond acceptors (Lipinski definition) is 4. The van der Waals surface area contributed by atoms with Crippen LogP contribution in [0.15, 0.2) is 0 Å². The van der Waals surface area contributed by atoms with Crippen LogP contribution in [0, 0.1) is 5.92 Å². The van der Waals surface area contributed by atoms with Gasteiger partial charge in [0.2, 0.25) is 0 Å². The van der Waals surface area contributed by atoms with E-state index in [0.717, 1.165) is 0 Å². The Morgan fingerprint density at radius 3 is 2.20 bits per heavy atom. The highest BCUT2D eigenvalue weighted by atomic mass is 28.4. The molecule has 2 N–H and O–H groups in total. The molecule has 20 heavy (non-hydrogen) atoms. The van der Waals surface area contributed by atoms with E-state index in [0.29, 0.717) is 12.8 Å². The summed E-state index contributed by atoms with van der Waals surface area (Å²) >= 11 is 0. The molecule has 5 heteroatoms. The average molecular weight is 302 g/mol. The zero-order chi connectivity index (χ0) is 15.9. The predicted molar refractivity (Wildman–Crippen MR) is 82.1 cm³/mol. The number of Topliss-reactive ketones (excluding diaryl/α,β-unsaturated/α-hetero) is 1. The highest BCUT2D eigenvalue weighted by Gasteiger charge is 2.50. The number of aliphatic hydroxyl groups excluding tert-OH is 1. The molecule has 0 amide bonds. The molecule has 1 saturated carbocycles. The molecule has 4 atom stereocenters. The van der Waals surface area contributed by atoms with Crippen molar-refractivity contribution in [3.05, 3.63) is 0 Å². The van der Waals surface area contributed by atoms with E-state index in [1.165, 1.54) is 0 Å². The van der Waals surface area contributed by atoms with Crippen LogP contribution in [0.1, 0.15) is 47.5 Å². The van der Waals surface area contributed by atoms with E-state index in [2.05, 4.69) is 33.9 Å². The van der Waals surface area contributed by atoms with Crippen LogP contribution in [0.4, 0.5) is 0 Å². The van der Waals surface area contributed by atoms with Crippen LogP contribution < -0.4 is 0 Å². The van der Waals surface area contributed by atoms with Gasteiger partial charge < -0.3 is 14.6 Å². The van der Waals surface area contributed by atoms with E-state index in [1.807, 2.05) is 0 Å². The van der Waals surface area contributed by atoms with Crippen LogP contribution in [-0.4, -0.2) is 42.1 Å². The summed E-state index contributed by atoms with van der Waals surface area (Å²) in [6.07, 6.45) is -0.591. The molecule has 0 unspecified atom stereocenters. The molecule has 1 aliphatic carbocycles. The van der Waals surface area contributed by atoms with E-state index in [9.17, 15) is 15.0 Å². The SMILES string of the molecule is CC(=O)[C@H]1C[C@H](O[Si](C)(C)C(C)(C)C)[C@](C)(O)[C@@H](O)C1. The van der Waals surface area contributed by atoms with Crippen molar-refractivity contribution in [2.24, 2.45) is 5.92 Å². The first-order valence-corrected chi connectivity index (χ1v) is 10.3. The molecule has 0 aromatic carbocycles. The lowest BCUT2D eigenvalue weighted by Crippen LogP contribution is -2.60. The Balaban J connectivity index is 2.97. The predicted octanol–water partition coefficient (Wildman–Crippen LogP) is 2.49. The highest BCUT2D eigenvalue weighted by molar-refractivity contribution is 6.74. The summed E-state index contributed by atoms with van der Waals surface area (Å²) in [5.74, 6) is -0.164. The molecule has 0 aliphatic heterocycles. The lowest BCUT2D eigenvalue weighted by molar-refractivity contribution is -0.166. The molecule has 0 spiro atoms. The van der Waals surface area contributed by atoms with Crippen molar-refractivity contribution >= 4 is 14.1 Å². The summed E-state index contributed by atoms with van der Waals surface area (Å²) < 4.78 is 6.29. The standard InChI is InChI=1S/C15H30O4Si/c1-10(16)11-8-12(17)15(5,18)13(9-11)19-20(6,7)14(2,3)4/h11-13,17-18H,8-9H2,1-7H3/t11-,12+,13+,15-/m1/s1. The Morgan fingerprint density at radius 2 is 1.80 bits per heavy atom. The Hall–Kier alpha value is -0.233. The van der Waals surface area contributed by atoms with Crippen molar-refractivity contribution in [1.82, 2.24) is 0 Å². The van der Waals surface area contributed by atoms with Crippen molar-refractivity contribution in [3.63, 3.8) is 0 Å². The second-order valence-corrected chi connectivity index (χ2v) is 12.6. The fraction of sp³-hybridized carbons (Fsp3) is 0.933. The summed E-state index contributed by atoms with van der Waals surface area (Å²) in [5.41, 5.74) is -1.29. The summed E-state index contributed by atoms with van der Waals surface area (Å²) in [4.78, 5) is 11.6. The third-order valence-corrected chi connectivity index (χ3v) is 9.64. The quantitative estimate of drug-likeness (QED) is 0.786. The van der Waals surface area contributed by atoms with Crippen LogP contribution in [0.3, 0.4) is 0 Å². The molecule has 0 aromatic heterocycles. The Bertz CT molecular complexity index is 371. The first-order valence-electron chi connectivity index (χ1n) is 7.37. The van der Waals surface area contributed by atoms with Crippen molar-refractivity contribution < 1.29 is 19.4 Å². The molecule has 1 fully saturated rings. The molecule has 1 aliphatic rings. The molecule has 0 bridgehead atoms. The Morgan fingerprint density at radius 1 is 1.30 bits per heavy atom. The third kappa shape index (κ3) is 3.50. The lowest BCUT2D eigenvalue weighted by Gasteiger charge is -2.48. The van der Waals surface area contributed by atoms with Crippen LogP contribution in [0.25, 0.3) is 0 Å². The second kappa shape index (κ2) is 5.52. The van der Waals surface area contributed by atoms with Gasteiger partial charge in [0.05, 0.1) is 12.2 Å². The van der Waals surface area contributed by atoms with Gasteiger partial charge in [0.25, 0.3) is 0 Å². The highest BCUT2D eigenvalue weighted by Crippen LogP contribution is 2.42. The fourth-order valence-corrected chi connectivity index (χ4v) is 3.75. The van der Waals surface area contributed by atoms with Crippen molar-refractivity contribution in [1.29, 1.82) is 0 Å². The minimum absolute atomic E-state index is 0.0250. The Kier molecular flexibility index (Phi) is 4.92.